The number of halogens is 1. The van der Waals surface area contributed by atoms with Gasteiger partial charge in [-0.1, -0.05) is 12.1 Å². The fraction of sp³-hybridized carbons (Fsp3) is 0.500. The molecule has 2 heterocycles. The molecule has 27 heavy (non-hydrogen) atoms. The van der Waals surface area contributed by atoms with Crippen LogP contribution in [0, 0.1) is 13.8 Å². The summed E-state index contributed by atoms with van der Waals surface area (Å²) in [5.41, 5.74) is 3.91. The highest BCUT2D eigenvalue weighted by Gasteiger charge is 2.11. The van der Waals surface area contributed by atoms with E-state index in [0.717, 1.165) is 60.7 Å². The van der Waals surface area contributed by atoms with Crippen LogP contribution in [0.5, 0.6) is 0 Å². The van der Waals surface area contributed by atoms with E-state index < -0.39 is 0 Å². The van der Waals surface area contributed by atoms with Crippen molar-refractivity contribution in [2.75, 3.05) is 39.4 Å². The molecule has 1 aromatic carbocycles. The molecule has 6 nitrogen and oxygen atoms in total. The Bertz CT molecular complexity index is 767. The summed E-state index contributed by atoms with van der Waals surface area (Å²) in [5, 5.41) is 7.54. The van der Waals surface area contributed by atoms with Crippen molar-refractivity contribution in [2.45, 2.75) is 26.8 Å². The third-order valence-electron chi connectivity index (χ3n) is 4.88. The minimum atomic E-state index is -0.0163. The normalized spacial score (nSPS) is 15.1. The third-order valence-corrected chi connectivity index (χ3v) is 6.03. The molecule has 0 saturated carbocycles. The number of benzene rings is 1. The highest BCUT2D eigenvalue weighted by atomic mass is 79.9. The van der Waals surface area contributed by atoms with Gasteiger partial charge in [-0.3, -0.25) is 14.4 Å². The lowest BCUT2D eigenvalue weighted by molar-refractivity contribution is 0.0374. The summed E-state index contributed by atoms with van der Waals surface area (Å²) in [4.78, 5) is 14.7. The summed E-state index contributed by atoms with van der Waals surface area (Å²) in [6.07, 6.45) is 0.955. The molecule has 0 atom stereocenters. The van der Waals surface area contributed by atoms with E-state index in [-0.39, 0.29) is 5.91 Å². The number of hydrogen-bond donors (Lipinski definition) is 1. The molecule has 0 bridgehead atoms. The zero-order valence-electron chi connectivity index (χ0n) is 16.0. The van der Waals surface area contributed by atoms with Crippen molar-refractivity contribution in [1.29, 1.82) is 0 Å². The van der Waals surface area contributed by atoms with Gasteiger partial charge in [-0.2, -0.15) is 5.10 Å². The molecule has 1 saturated heterocycles. The van der Waals surface area contributed by atoms with Gasteiger partial charge in [-0.15, -0.1) is 0 Å². The standard InChI is InChI=1S/C20H27BrN4O2/c1-15-19(21)16(2)25(23-15)14-17-4-6-18(7-5-17)20(26)22-8-3-9-24-10-12-27-13-11-24/h4-7H,3,8-14H2,1-2H3,(H,22,26). The summed E-state index contributed by atoms with van der Waals surface area (Å²) >= 11 is 3.55. The first-order valence-electron chi connectivity index (χ1n) is 9.41. The van der Waals surface area contributed by atoms with Gasteiger partial charge in [0.05, 0.1) is 35.6 Å². The molecule has 1 aliphatic heterocycles. The number of aromatic nitrogens is 2. The zero-order valence-corrected chi connectivity index (χ0v) is 17.6. The maximum absolute atomic E-state index is 12.3. The van der Waals surface area contributed by atoms with Crippen LogP contribution in [0.1, 0.15) is 33.7 Å². The molecule has 2 aromatic rings. The van der Waals surface area contributed by atoms with E-state index in [1.165, 1.54) is 0 Å². The molecule has 0 radical (unpaired) electrons. The van der Waals surface area contributed by atoms with Crippen molar-refractivity contribution in [2.24, 2.45) is 0 Å². The van der Waals surface area contributed by atoms with Crippen molar-refractivity contribution >= 4 is 21.8 Å². The van der Waals surface area contributed by atoms with Crippen molar-refractivity contribution in [3.63, 3.8) is 0 Å². The van der Waals surface area contributed by atoms with Gasteiger partial charge in [0.25, 0.3) is 5.91 Å². The second-order valence-corrected chi connectivity index (χ2v) is 7.70. The number of carbonyl (C=O) groups excluding carboxylic acids is 1. The summed E-state index contributed by atoms with van der Waals surface area (Å²) in [6.45, 7) is 10.0. The Balaban J connectivity index is 1.46. The zero-order chi connectivity index (χ0) is 19.2. The van der Waals surface area contributed by atoms with E-state index in [1.54, 1.807) is 0 Å². The van der Waals surface area contributed by atoms with Gasteiger partial charge in [0.15, 0.2) is 0 Å². The molecule has 0 aliphatic carbocycles. The highest BCUT2D eigenvalue weighted by molar-refractivity contribution is 9.10. The molecule has 146 valence electrons. The first-order valence-corrected chi connectivity index (χ1v) is 10.2. The number of nitrogens with zero attached hydrogens (tertiary/aromatic N) is 3. The molecule has 7 heteroatoms. The van der Waals surface area contributed by atoms with Gasteiger partial charge in [0.2, 0.25) is 0 Å². The minimum absolute atomic E-state index is 0.0163. The molecular formula is C20H27BrN4O2. The summed E-state index contributed by atoms with van der Waals surface area (Å²) in [6, 6.07) is 7.75. The number of carbonyl (C=O) groups is 1. The number of nitrogens with one attached hydrogen (secondary N) is 1. The summed E-state index contributed by atoms with van der Waals surface area (Å²) in [5.74, 6) is -0.0163. The van der Waals surface area contributed by atoms with Crippen LogP contribution in [0.15, 0.2) is 28.7 Å². The molecule has 0 spiro atoms. The third kappa shape index (κ3) is 5.40. The van der Waals surface area contributed by atoms with Gasteiger partial charge < -0.3 is 10.1 Å². The van der Waals surface area contributed by atoms with Crippen LogP contribution in [0.25, 0.3) is 0 Å². The monoisotopic (exact) mass is 434 g/mol. The van der Waals surface area contributed by atoms with E-state index in [1.807, 2.05) is 42.8 Å². The Morgan fingerprint density at radius 3 is 2.56 bits per heavy atom. The first-order chi connectivity index (χ1) is 13.0. The molecule has 1 fully saturated rings. The quantitative estimate of drug-likeness (QED) is 0.680. The lowest BCUT2D eigenvalue weighted by Gasteiger charge is -2.26. The SMILES string of the molecule is Cc1nn(Cc2ccc(C(=O)NCCCN3CCOCC3)cc2)c(C)c1Br. The van der Waals surface area contributed by atoms with Gasteiger partial charge in [-0.25, -0.2) is 0 Å². The van der Waals surface area contributed by atoms with Crippen LogP contribution in [0.3, 0.4) is 0 Å². The largest absolute Gasteiger partial charge is 0.379 e. The maximum atomic E-state index is 12.3. The van der Waals surface area contributed by atoms with Crippen LogP contribution in [-0.4, -0.2) is 60.0 Å². The van der Waals surface area contributed by atoms with Gasteiger partial charge in [-0.05, 0) is 60.4 Å². The lowest BCUT2D eigenvalue weighted by atomic mass is 10.1. The average molecular weight is 435 g/mol. The Hall–Kier alpha value is -1.70. The predicted molar refractivity (Wildman–Crippen MR) is 109 cm³/mol. The topological polar surface area (TPSA) is 59.4 Å². The Kier molecular flexibility index (Phi) is 7.04. The summed E-state index contributed by atoms with van der Waals surface area (Å²) < 4.78 is 8.37. The van der Waals surface area contributed by atoms with Crippen LogP contribution < -0.4 is 5.32 Å². The van der Waals surface area contributed by atoms with E-state index >= 15 is 0 Å². The number of morpholine rings is 1. The van der Waals surface area contributed by atoms with Crippen LogP contribution in [0.2, 0.25) is 0 Å². The van der Waals surface area contributed by atoms with Gasteiger partial charge >= 0.3 is 0 Å². The van der Waals surface area contributed by atoms with Gasteiger partial charge in [0, 0.05) is 25.2 Å². The van der Waals surface area contributed by atoms with Crippen molar-refractivity contribution in [1.82, 2.24) is 20.0 Å². The smallest absolute Gasteiger partial charge is 0.251 e. The second-order valence-electron chi connectivity index (χ2n) is 6.90. The first kappa shape index (κ1) is 20.0. The summed E-state index contributed by atoms with van der Waals surface area (Å²) in [7, 11) is 0. The van der Waals surface area contributed by atoms with Crippen molar-refractivity contribution in [3.8, 4) is 0 Å². The molecule has 1 aliphatic rings. The highest BCUT2D eigenvalue weighted by Crippen LogP contribution is 2.20. The average Bonchev–Trinajstić information content (AvgIpc) is 2.93. The van der Waals surface area contributed by atoms with Crippen LogP contribution in [0.4, 0.5) is 0 Å². The lowest BCUT2D eigenvalue weighted by Crippen LogP contribution is -2.38. The van der Waals surface area contributed by atoms with E-state index in [2.05, 4.69) is 31.2 Å². The fourth-order valence-corrected chi connectivity index (χ4v) is 3.48. The number of aryl methyl sites for hydroxylation is 1. The molecule has 1 N–H and O–H groups in total. The molecule has 0 unspecified atom stereocenters. The van der Waals surface area contributed by atoms with Crippen molar-refractivity contribution < 1.29 is 9.53 Å². The minimum Gasteiger partial charge on any atom is -0.379 e. The molecule has 1 aromatic heterocycles. The number of hydrogen-bond acceptors (Lipinski definition) is 4. The van der Waals surface area contributed by atoms with Crippen molar-refractivity contribution in [3.05, 3.63) is 51.3 Å². The van der Waals surface area contributed by atoms with Gasteiger partial charge in [0.1, 0.15) is 0 Å². The number of ether oxygens (including phenoxy) is 1. The number of amides is 1. The maximum Gasteiger partial charge on any atom is 0.251 e. The Morgan fingerprint density at radius 1 is 1.22 bits per heavy atom. The fourth-order valence-electron chi connectivity index (χ4n) is 3.19. The molecule has 1 amide bonds. The molecular weight excluding hydrogens is 408 g/mol. The van der Waals surface area contributed by atoms with E-state index in [4.69, 9.17) is 4.74 Å². The Labute approximate surface area is 169 Å². The molecule has 3 rings (SSSR count). The number of rotatable bonds is 7. The second kappa shape index (κ2) is 9.48. The van der Waals surface area contributed by atoms with E-state index in [0.29, 0.717) is 18.7 Å². The van der Waals surface area contributed by atoms with Crippen LogP contribution in [-0.2, 0) is 11.3 Å². The predicted octanol–water partition coefficient (Wildman–Crippen LogP) is 2.76. The van der Waals surface area contributed by atoms with E-state index in [9.17, 15) is 4.79 Å². The van der Waals surface area contributed by atoms with Crippen LogP contribution >= 0.6 is 15.9 Å². The Morgan fingerprint density at radius 2 is 1.93 bits per heavy atom.